The Morgan fingerprint density at radius 3 is 2.23 bits per heavy atom. The molecule has 5 nitrogen and oxygen atoms in total. The summed E-state index contributed by atoms with van der Waals surface area (Å²) in [6.07, 6.45) is -4.82. The Hall–Kier alpha value is -1.68. The minimum atomic E-state index is -4.82. The fourth-order valence-electron chi connectivity index (χ4n) is 1.69. The van der Waals surface area contributed by atoms with Crippen molar-refractivity contribution in [2.75, 3.05) is 6.54 Å². The van der Waals surface area contributed by atoms with Gasteiger partial charge in [0.15, 0.2) is 0 Å². The molecule has 0 radical (unpaired) electrons. The van der Waals surface area contributed by atoms with Gasteiger partial charge in [-0.3, -0.25) is 4.79 Å². The molecule has 1 aromatic rings. The van der Waals surface area contributed by atoms with Crippen LogP contribution < -0.4 is 0 Å². The smallest absolute Gasteiger partial charge is 0.416 e. The molecule has 0 spiro atoms. The van der Waals surface area contributed by atoms with Crippen LogP contribution in [0.15, 0.2) is 23.1 Å². The first-order valence-corrected chi connectivity index (χ1v) is 7.41. The Morgan fingerprint density at radius 2 is 1.86 bits per heavy atom. The van der Waals surface area contributed by atoms with E-state index in [1.807, 2.05) is 0 Å². The lowest BCUT2D eigenvalue weighted by atomic mass is 10.2. The molecule has 0 heterocycles. The average molecular weight is 343 g/mol. The van der Waals surface area contributed by atoms with Crippen LogP contribution in [-0.2, 0) is 21.0 Å². The molecular formula is C12H13F4NO4S. The van der Waals surface area contributed by atoms with Crippen LogP contribution in [0.5, 0.6) is 0 Å². The predicted molar refractivity (Wildman–Crippen MR) is 68.1 cm³/mol. The van der Waals surface area contributed by atoms with Gasteiger partial charge in [-0.25, -0.2) is 12.8 Å². The number of sulfonamides is 1. The summed E-state index contributed by atoms with van der Waals surface area (Å²) in [5, 5.41) is 8.71. The van der Waals surface area contributed by atoms with Gasteiger partial charge in [0, 0.05) is 6.04 Å². The van der Waals surface area contributed by atoms with Gasteiger partial charge in [0.05, 0.1) is 5.56 Å². The number of hydrogen-bond donors (Lipinski definition) is 1. The average Bonchev–Trinajstić information content (AvgIpc) is 2.33. The highest BCUT2D eigenvalue weighted by atomic mass is 32.2. The second-order valence-corrected chi connectivity index (χ2v) is 6.54. The van der Waals surface area contributed by atoms with E-state index in [1.54, 1.807) is 0 Å². The first-order chi connectivity index (χ1) is 9.87. The van der Waals surface area contributed by atoms with Gasteiger partial charge in [0.2, 0.25) is 10.0 Å². The molecule has 0 aliphatic heterocycles. The number of aliphatic carboxylic acids is 1. The lowest BCUT2D eigenvalue weighted by Gasteiger charge is -2.24. The molecule has 1 rings (SSSR count). The number of benzene rings is 1. The normalized spacial score (nSPS) is 12.9. The molecule has 0 bridgehead atoms. The molecule has 1 N–H and O–H groups in total. The van der Waals surface area contributed by atoms with Gasteiger partial charge in [-0.05, 0) is 32.0 Å². The van der Waals surface area contributed by atoms with Crippen molar-refractivity contribution in [2.24, 2.45) is 0 Å². The van der Waals surface area contributed by atoms with Crippen LogP contribution in [0, 0.1) is 5.82 Å². The number of nitrogens with zero attached hydrogens (tertiary/aromatic N) is 1. The van der Waals surface area contributed by atoms with E-state index >= 15 is 0 Å². The van der Waals surface area contributed by atoms with Crippen LogP contribution in [0.4, 0.5) is 17.6 Å². The van der Waals surface area contributed by atoms with Crippen LogP contribution in [0.1, 0.15) is 19.4 Å². The van der Waals surface area contributed by atoms with E-state index in [0.29, 0.717) is 16.4 Å². The number of halogens is 4. The molecule has 0 aliphatic carbocycles. The Morgan fingerprint density at radius 1 is 1.32 bits per heavy atom. The van der Waals surface area contributed by atoms with E-state index < -0.39 is 51.0 Å². The third-order valence-electron chi connectivity index (χ3n) is 2.71. The first kappa shape index (κ1) is 18.4. The molecule has 0 amide bonds. The van der Waals surface area contributed by atoms with Crippen LogP contribution >= 0.6 is 0 Å². The lowest BCUT2D eigenvalue weighted by Crippen LogP contribution is -2.40. The summed E-state index contributed by atoms with van der Waals surface area (Å²) >= 11 is 0. The summed E-state index contributed by atoms with van der Waals surface area (Å²) in [5.74, 6) is -3.06. The summed E-state index contributed by atoms with van der Waals surface area (Å²) in [7, 11) is -4.58. The van der Waals surface area contributed by atoms with Crippen LogP contribution in [0.3, 0.4) is 0 Å². The van der Waals surface area contributed by atoms with Crippen molar-refractivity contribution in [2.45, 2.75) is 31.0 Å². The minimum Gasteiger partial charge on any atom is -0.480 e. The fourth-order valence-corrected chi connectivity index (χ4v) is 3.32. The Bertz CT molecular complexity index is 670. The molecule has 0 saturated heterocycles. The third-order valence-corrected chi connectivity index (χ3v) is 4.77. The Labute approximate surface area is 124 Å². The Balaban J connectivity index is 3.36. The third kappa shape index (κ3) is 3.95. The number of carboxylic acids is 1. The number of rotatable bonds is 5. The van der Waals surface area contributed by atoms with Crippen LogP contribution in [0.25, 0.3) is 0 Å². The predicted octanol–water partition coefficient (Wildman–Crippen LogP) is 2.33. The van der Waals surface area contributed by atoms with E-state index in [2.05, 4.69) is 0 Å². The van der Waals surface area contributed by atoms with Gasteiger partial charge >= 0.3 is 12.1 Å². The molecule has 22 heavy (non-hydrogen) atoms. The van der Waals surface area contributed by atoms with Crippen molar-refractivity contribution in [1.82, 2.24) is 4.31 Å². The molecule has 1 aromatic carbocycles. The van der Waals surface area contributed by atoms with Gasteiger partial charge < -0.3 is 5.11 Å². The minimum absolute atomic E-state index is 0.0617. The van der Waals surface area contributed by atoms with Gasteiger partial charge in [-0.1, -0.05) is 0 Å². The van der Waals surface area contributed by atoms with Crippen LogP contribution in [0.2, 0.25) is 0 Å². The molecular weight excluding hydrogens is 330 g/mol. The number of carbonyl (C=O) groups is 1. The van der Waals surface area contributed by atoms with Crippen molar-refractivity contribution < 1.29 is 35.9 Å². The van der Waals surface area contributed by atoms with E-state index in [0.717, 1.165) is 0 Å². The van der Waals surface area contributed by atoms with Crippen molar-refractivity contribution in [3.05, 3.63) is 29.6 Å². The van der Waals surface area contributed by atoms with Gasteiger partial charge in [-0.15, -0.1) is 0 Å². The summed E-state index contributed by atoms with van der Waals surface area (Å²) < 4.78 is 76.1. The summed E-state index contributed by atoms with van der Waals surface area (Å²) in [4.78, 5) is 9.71. The summed E-state index contributed by atoms with van der Waals surface area (Å²) in [6.45, 7) is 1.80. The maximum atomic E-state index is 13.8. The maximum absolute atomic E-state index is 13.8. The monoisotopic (exact) mass is 343 g/mol. The van der Waals surface area contributed by atoms with Crippen LogP contribution in [-0.4, -0.2) is 36.4 Å². The van der Waals surface area contributed by atoms with E-state index in [-0.39, 0.29) is 6.07 Å². The maximum Gasteiger partial charge on any atom is 0.416 e. The largest absolute Gasteiger partial charge is 0.480 e. The number of hydrogen-bond acceptors (Lipinski definition) is 3. The number of carboxylic acid groups (broad SMARTS) is 1. The Kier molecular flexibility index (Phi) is 5.18. The highest BCUT2D eigenvalue weighted by Gasteiger charge is 2.35. The second kappa shape index (κ2) is 6.21. The quantitative estimate of drug-likeness (QED) is 0.833. The zero-order valence-electron chi connectivity index (χ0n) is 11.6. The van der Waals surface area contributed by atoms with Gasteiger partial charge in [0.25, 0.3) is 0 Å². The lowest BCUT2D eigenvalue weighted by molar-refractivity contribution is -0.138. The highest BCUT2D eigenvalue weighted by Crippen LogP contribution is 2.32. The topological polar surface area (TPSA) is 74.7 Å². The second-order valence-electron chi connectivity index (χ2n) is 4.68. The van der Waals surface area contributed by atoms with E-state index in [1.165, 1.54) is 13.8 Å². The molecule has 0 saturated carbocycles. The molecule has 0 fully saturated rings. The van der Waals surface area contributed by atoms with Crippen molar-refractivity contribution in [3.63, 3.8) is 0 Å². The van der Waals surface area contributed by atoms with Gasteiger partial charge in [-0.2, -0.15) is 17.5 Å². The standard InChI is InChI=1S/C12H13F4NO4S/c1-7(2)17(6-11(18)19)22(20,21)10-4-3-8(5-9(10)13)12(14,15)16/h3-5,7H,6H2,1-2H3,(H,18,19). The van der Waals surface area contributed by atoms with Crippen molar-refractivity contribution in [1.29, 1.82) is 0 Å². The number of alkyl halides is 3. The highest BCUT2D eigenvalue weighted by molar-refractivity contribution is 7.89. The SMILES string of the molecule is CC(C)N(CC(=O)O)S(=O)(=O)c1ccc(C(F)(F)F)cc1F. The molecule has 0 aliphatic rings. The molecule has 0 atom stereocenters. The molecule has 124 valence electrons. The first-order valence-electron chi connectivity index (χ1n) is 5.97. The summed E-state index contributed by atoms with van der Waals surface area (Å²) in [5.41, 5.74) is -1.33. The zero-order valence-corrected chi connectivity index (χ0v) is 12.4. The molecule has 0 unspecified atom stereocenters. The molecule has 0 aromatic heterocycles. The molecule has 10 heteroatoms. The van der Waals surface area contributed by atoms with E-state index in [9.17, 15) is 30.8 Å². The van der Waals surface area contributed by atoms with Crippen molar-refractivity contribution in [3.8, 4) is 0 Å². The fraction of sp³-hybridized carbons (Fsp3) is 0.417. The van der Waals surface area contributed by atoms with Gasteiger partial charge in [0.1, 0.15) is 17.3 Å². The summed E-state index contributed by atoms with van der Waals surface area (Å²) in [6, 6.07) is 0.148. The van der Waals surface area contributed by atoms with Crippen molar-refractivity contribution >= 4 is 16.0 Å². The van der Waals surface area contributed by atoms with E-state index in [4.69, 9.17) is 5.11 Å². The zero-order chi connectivity index (χ0) is 17.3.